The summed E-state index contributed by atoms with van der Waals surface area (Å²) in [7, 11) is 1.64. The topological polar surface area (TPSA) is 105 Å². The predicted molar refractivity (Wildman–Crippen MR) is 296 cm³/mol. The molecule has 0 aliphatic heterocycles. The van der Waals surface area contributed by atoms with Gasteiger partial charge in [0.25, 0.3) is 0 Å². The van der Waals surface area contributed by atoms with Gasteiger partial charge in [-0.1, -0.05) is 303 Å². The van der Waals surface area contributed by atoms with E-state index >= 15 is 0 Å². The number of hydrogen-bond acceptors (Lipinski definition) is 5. The molecule has 0 aliphatic rings. The van der Waals surface area contributed by atoms with Crippen molar-refractivity contribution in [3.63, 3.8) is 0 Å². The summed E-state index contributed by atoms with van der Waals surface area (Å²) >= 11 is 0. The van der Waals surface area contributed by atoms with Gasteiger partial charge in [-0.25, -0.2) is 4.57 Å². The molecule has 3 atom stereocenters. The van der Waals surface area contributed by atoms with Crippen LogP contribution < -0.4 is 5.32 Å². The lowest BCUT2D eigenvalue weighted by molar-refractivity contribution is -0.870. The number of likely N-dealkylation sites (N-methyl/N-ethyl adjacent to an activating group) is 1. The Morgan fingerprint density at radius 1 is 0.441 bits per heavy atom. The first-order valence-electron chi connectivity index (χ1n) is 30.4. The van der Waals surface area contributed by atoms with Crippen LogP contribution in [0.4, 0.5) is 0 Å². The van der Waals surface area contributed by atoms with Gasteiger partial charge in [-0.15, -0.1) is 0 Å². The average molecular weight is 987 g/mol. The van der Waals surface area contributed by atoms with E-state index in [1.807, 2.05) is 21.1 Å². The van der Waals surface area contributed by atoms with Crippen molar-refractivity contribution in [2.75, 3.05) is 40.9 Å². The highest BCUT2D eigenvalue weighted by Gasteiger charge is 2.28. The maximum absolute atomic E-state index is 13.0. The monoisotopic (exact) mass is 986 g/mol. The van der Waals surface area contributed by atoms with Crippen LogP contribution in [-0.4, -0.2) is 73.4 Å². The van der Waals surface area contributed by atoms with Gasteiger partial charge in [0.15, 0.2) is 0 Å². The Balaban J connectivity index is 3.99. The number of nitrogens with zero attached hydrogens (tertiary/aromatic N) is 1. The Morgan fingerprint density at radius 3 is 0.985 bits per heavy atom. The van der Waals surface area contributed by atoms with Crippen LogP contribution in [0.3, 0.4) is 0 Å². The van der Waals surface area contributed by atoms with E-state index in [1.165, 1.54) is 257 Å². The summed E-state index contributed by atoms with van der Waals surface area (Å²) in [5.74, 6) is -0.136. The molecule has 9 heteroatoms. The summed E-state index contributed by atoms with van der Waals surface area (Å²) in [5, 5.41) is 14.1. The first-order valence-corrected chi connectivity index (χ1v) is 31.9. The molecule has 0 bridgehead atoms. The predicted octanol–water partition coefficient (Wildman–Crippen LogP) is 18.4. The molecule has 408 valence electrons. The number of unbranched alkanes of at least 4 members (excludes halogenated alkanes) is 44. The highest BCUT2D eigenvalue weighted by atomic mass is 31.2. The minimum absolute atomic E-state index is 0.0791. The van der Waals surface area contributed by atoms with E-state index in [0.29, 0.717) is 23.9 Å². The molecule has 0 saturated carbocycles. The van der Waals surface area contributed by atoms with Crippen molar-refractivity contribution in [3.8, 4) is 0 Å². The molecule has 0 aliphatic carbocycles. The zero-order valence-electron chi connectivity index (χ0n) is 46.6. The fourth-order valence-corrected chi connectivity index (χ4v) is 10.3. The molecule has 0 fully saturated rings. The van der Waals surface area contributed by atoms with Crippen molar-refractivity contribution in [2.45, 2.75) is 334 Å². The van der Waals surface area contributed by atoms with E-state index in [4.69, 9.17) is 9.05 Å². The Hall–Kier alpha value is -0.500. The van der Waals surface area contributed by atoms with Crippen molar-refractivity contribution < 1.29 is 32.9 Å². The molecular formula is C59H122N2O6P+. The lowest BCUT2D eigenvalue weighted by atomic mass is 10.0. The fourth-order valence-electron chi connectivity index (χ4n) is 9.58. The highest BCUT2D eigenvalue weighted by Crippen LogP contribution is 2.43. The second-order valence-electron chi connectivity index (χ2n) is 22.4. The van der Waals surface area contributed by atoms with Gasteiger partial charge in [-0.2, -0.15) is 0 Å². The smallest absolute Gasteiger partial charge is 0.391 e. The van der Waals surface area contributed by atoms with E-state index in [2.05, 4.69) is 19.2 Å². The Bertz CT molecular complexity index is 1070. The van der Waals surface area contributed by atoms with Crippen molar-refractivity contribution in [2.24, 2.45) is 0 Å². The molecule has 0 saturated heterocycles. The number of hydrogen-bond donors (Lipinski definition) is 3. The summed E-state index contributed by atoms with van der Waals surface area (Å²) in [6, 6.07) is -0.755. The van der Waals surface area contributed by atoms with Crippen LogP contribution in [0.25, 0.3) is 0 Å². The Kier molecular flexibility index (Phi) is 51.0. The largest absolute Gasteiger partial charge is 0.472 e. The number of carbonyl (C=O) groups excluding carboxylic acids is 1. The lowest BCUT2D eigenvalue weighted by Gasteiger charge is -2.26. The van der Waals surface area contributed by atoms with Crippen molar-refractivity contribution in [1.29, 1.82) is 0 Å². The normalized spacial score (nSPS) is 13.8. The van der Waals surface area contributed by atoms with Crippen LogP contribution in [-0.2, 0) is 18.4 Å². The van der Waals surface area contributed by atoms with Crippen LogP contribution in [0.5, 0.6) is 0 Å². The number of carbonyl (C=O) groups is 1. The highest BCUT2D eigenvalue weighted by molar-refractivity contribution is 7.47. The third-order valence-electron chi connectivity index (χ3n) is 14.4. The van der Waals surface area contributed by atoms with E-state index in [1.54, 1.807) is 0 Å². The second kappa shape index (κ2) is 51.4. The average Bonchev–Trinajstić information content (AvgIpc) is 3.30. The summed E-state index contributed by atoms with van der Waals surface area (Å²) in [4.78, 5) is 23.3. The van der Waals surface area contributed by atoms with Gasteiger partial charge in [-0.05, 0) is 12.8 Å². The van der Waals surface area contributed by atoms with Crippen molar-refractivity contribution in [3.05, 3.63) is 0 Å². The van der Waals surface area contributed by atoms with Gasteiger partial charge in [0, 0.05) is 6.42 Å². The second-order valence-corrected chi connectivity index (χ2v) is 23.9. The van der Waals surface area contributed by atoms with Crippen LogP contribution in [0.2, 0.25) is 0 Å². The molecule has 0 spiro atoms. The van der Waals surface area contributed by atoms with Crippen LogP contribution in [0, 0.1) is 0 Å². The SMILES string of the molecule is CCCCCCCCCCCCCCCCCCCCCCCCCCCCCCCCC(=O)N[C@@H](COP(=O)(O)OCC[N+](C)(C)C)[C@H](O)CCCCCCCCCCCCCCCCCC. The van der Waals surface area contributed by atoms with Crippen LogP contribution >= 0.6 is 7.82 Å². The van der Waals surface area contributed by atoms with Crippen LogP contribution in [0.15, 0.2) is 0 Å². The van der Waals surface area contributed by atoms with Gasteiger partial charge in [-0.3, -0.25) is 13.8 Å². The number of amides is 1. The Morgan fingerprint density at radius 2 is 0.706 bits per heavy atom. The number of phosphoric acid groups is 1. The quantitative estimate of drug-likeness (QED) is 0.0319. The molecule has 0 aromatic heterocycles. The molecule has 68 heavy (non-hydrogen) atoms. The van der Waals surface area contributed by atoms with Crippen molar-refractivity contribution >= 4 is 13.7 Å². The van der Waals surface area contributed by atoms with Gasteiger partial charge < -0.3 is 19.8 Å². The third kappa shape index (κ3) is 53.3. The molecule has 3 N–H and O–H groups in total. The van der Waals surface area contributed by atoms with E-state index in [-0.39, 0.29) is 19.1 Å². The first-order chi connectivity index (χ1) is 33.0. The zero-order valence-corrected chi connectivity index (χ0v) is 47.5. The molecule has 0 rings (SSSR count). The zero-order chi connectivity index (χ0) is 49.9. The maximum Gasteiger partial charge on any atom is 0.472 e. The molecular weight excluding hydrogens is 864 g/mol. The van der Waals surface area contributed by atoms with Gasteiger partial charge in [0.2, 0.25) is 5.91 Å². The number of phosphoric ester groups is 1. The number of aliphatic hydroxyl groups excluding tert-OH is 1. The number of quaternary nitrogens is 1. The molecule has 8 nitrogen and oxygen atoms in total. The van der Waals surface area contributed by atoms with Crippen LogP contribution in [0.1, 0.15) is 322 Å². The Labute approximate surface area is 425 Å². The summed E-state index contributed by atoms with van der Waals surface area (Å²) in [6.07, 6.45) is 61.8. The minimum atomic E-state index is -4.32. The van der Waals surface area contributed by atoms with Gasteiger partial charge in [0.1, 0.15) is 13.2 Å². The molecule has 0 aromatic rings. The molecule has 1 unspecified atom stereocenters. The molecule has 0 heterocycles. The molecule has 0 radical (unpaired) electrons. The first kappa shape index (κ1) is 67.5. The van der Waals surface area contributed by atoms with Crippen molar-refractivity contribution in [1.82, 2.24) is 5.32 Å². The molecule has 1 amide bonds. The molecule has 0 aromatic carbocycles. The summed E-state index contributed by atoms with van der Waals surface area (Å²) < 4.78 is 23.8. The number of rotatable bonds is 57. The standard InChI is InChI=1S/C59H121N2O6P/c1-6-8-10-12-14-16-18-20-22-24-25-26-27-28-29-30-31-32-33-34-35-36-37-39-41-43-45-47-49-51-53-59(63)60-57(56-67-68(64,65)66-55-54-61(3,4)5)58(62)52-50-48-46-44-42-40-38-23-21-19-17-15-13-11-9-7-2/h57-58,62H,6-56H2,1-5H3,(H-,60,63,64,65)/p+1/t57-,58+/m0/s1. The lowest BCUT2D eigenvalue weighted by Crippen LogP contribution is -2.46. The van der Waals surface area contributed by atoms with Gasteiger partial charge >= 0.3 is 7.82 Å². The summed E-state index contributed by atoms with van der Waals surface area (Å²) in [5.41, 5.74) is 0. The van der Waals surface area contributed by atoms with E-state index in [9.17, 15) is 19.4 Å². The number of aliphatic hydroxyl groups is 1. The maximum atomic E-state index is 13.0. The fraction of sp³-hybridized carbons (Fsp3) is 0.983. The minimum Gasteiger partial charge on any atom is -0.391 e. The summed E-state index contributed by atoms with van der Waals surface area (Å²) in [6.45, 7) is 4.95. The van der Waals surface area contributed by atoms with E-state index in [0.717, 1.165) is 38.5 Å². The third-order valence-corrected chi connectivity index (χ3v) is 15.3. The van der Waals surface area contributed by atoms with Gasteiger partial charge in [0.05, 0.1) is 39.9 Å². The number of nitrogens with one attached hydrogen (secondary N) is 1. The van der Waals surface area contributed by atoms with E-state index < -0.39 is 20.0 Å².